The number of nitrogens with one attached hydrogen (secondary N) is 1. The molecule has 7 heteroatoms. The third kappa shape index (κ3) is 11.2. The lowest BCUT2D eigenvalue weighted by atomic mass is 9.95. The normalized spacial score (nSPS) is 10.1. The molecule has 0 amide bonds. The molecule has 4 N–H and O–H groups in total. The predicted molar refractivity (Wildman–Crippen MR) is 120 cm³/mol. The van der Waals surface area contributed by atoms with Crippen LogP contribution in [-0.4, -0.2) is 31.2 Å². The number of aliphatic hydroxyl groups is 1. The first-order valence-corrected chi connectivity index (χ1v) is 9.29. The van der Waals surface area contributed by atoms with E-state index in [-0.39, 0.29) is 16.5 Å². The molecule has 2 aromatic rings. The first-order valence-electron chi connectivity index (χ1n) is 8.44. The van der Waals surface area contributed by atoms with Crippen LogP contribution in [0.2, 0.25) is 5.02 Å². The second-order valence-corrected chi connectivity index (χ2v) is 5.90. The number of halogens is 3. The Bertz CT molecular complexity index is 637. The van der Waals surface area contributed by atoms with E-state index in [1.807, 2.05) is 30.3 Å². The van der Waals surface area contributed by atoms with Crippen LogP contribution < -0.4 is 11.1 Å². The number of benzene rings is 2. The summed E-state index contributed by atoms with van der Waals surface area (Å²) >= 11 is 10.3. The molecule has 0 heterocycles. The van der Waals surface area contributed by atoms with Crippen LogP contribution in [0, 0.1) is 11.6 Å². The maximum absolute atomic E-state index is 13.6. The summed E-state index contributed by atoms with van der Waals surface area (Å²) in [5.41, 5.74) is 6.58. The highest BCUT2D eigenvalue weighted by molar-refractivity contribution is 7.78. The summed E-state index contributed by atoms with van der Waals surface area (Å²) in [6, 6.07) is 12.2. The second kappa shape index (κ2) is 18.7. The molecule has 1 unspecified atom stereocenters. The molecule has 0 bridgehead atoms. The van der Waals surface area contributed by atoms with Crippen LogP contribution in [-0.2, 0) is 6.54 Å². The molecule has 0 aliphatic rings. The van der Waals surface area contributed by atoms with E-state index in [2.05, 4.69) is 18.5 Å². The van der Waals surface area contributed by atoms with Gasteiger partial charge >= 0.3 is 0 Å². The Labute approximate surface area is 177 Å². The van der Waals surface area contributed by atoms with Gasteiger partial charge in [0.1, 0.15) is 11.6 Å². The minimum absolute atomic E-state index is 0.0415. The van der Waals surface area contributed by atoms with Gasteiger partial charge in [0.15, 0.2) is 0 Å². The van der Waals surface area contributed by atoms with Crippen molar-refractivity contribution >= 4 is 29.2 Å². The van der Waals surface area contributed by atoms with Crippen LogP contribution in [0.15, 0.2) is 55.6 Å². The lowest BCUT2D eigenvalue weighted by Gasteiger charge is -2.16. The monoisotopic (exact) mass is 430 g/mol. The molecule has 2 rings (SSSR count). The molecule has 1 atom stereocenters. The topological polar surface area (TPSA) is 58.3 Å². The Morgan fingerprint density at radius 3 is 2.04 bits per heavy atom. The molecule has 28 heavy (non-hydrogen) atoms. The minimum atomic E-state index is -0.623. The summed E-state index contributed by atoms with van der Waals surface area (Å²) in [7, 11) is 2.72. The first-order chi connectivity index (χ1) is 13.5. The summed E-state index contributed by atoms with van der Waals surface area (Å²) < 4.78 is 27.2. The van der Waals surface area contributed by atoms with Crippen molar-refractivity contribution in [2.45, 2.75) is 18.9 Å². The number of nitrogens with two attached hydrogens (primary N) is 1. The molecule has 0 fully saturated rings. The van der Waals surface area contributed by atoms with Crippen LogP contribution >= 0.6 is 23.8 Å². The molecule has 0 aliphatic carbocycles. The average Bonchev–Trinajstić information content (AvgIpc) is 2.72. The second-order valence-electron chi connectivity index (χ2n) is 5.13. The highest BCUT2D eigenvalue weighted by Crippen LogP contribution is 2.27. The maximum Gasteiger partial charge on any atom is 0.131 e. The zero-order valence-corrected chi connectivity index (χ0v) is 17.9. The van der Waals surface area contributed by atoms with E-state index in [9.17, 15) is 8.78 Å². The van der Waals surface area contributed by atoms with Gasteiger partial charge in [-0.05, 0) is 36.5 Å². The first kappa shape index (κ1) is 28.5. The van der Waals surface area contributed by atoms with Crippen LogP contribution in [0.3, 0.4) is 0 Å². The highest BCUT2D eigenvalue weighted by atomic mass is 35.5. The molecule has 0 saturated heterocycles. The van der Waals surface area contributed by atoms with E-state index in [0.717, 1.165) is 19.2 Å². The third-order valence-corrected chi connectivity index (χ3v) is 3.77. The van der Waals surface area contributed by atoms with Crippen molar-refractivity contribution in [2.24, 2.45) is 5.73 Å². The average molecular weight is 431 g/mol. The molecule has 0 saturated carbocycles. The quantitative estimate of drug-likeness (QED) is 0.452. The van der Waals surface area contributed by atoms with Crippen LogP contribution in [0.1, 0.15) is 23.5 Å². The lowest BCUT2D eigenvalue weighted by Crippen LogP contribution is -2.19. The van der Waals surface area contributed by atoms with Crippen molar-refractivity contribution in [1.82, 2.24) is 5.32 Å². The molecule has 0 spiro atoms. The van der Waals surface area contributed by atoms with Crippen LogP contribution in [0.4, 0.5) is 8.78 Å². The molecule has 2 aromatic carbocycles. The molecular weight excluding hydrogens is 402 g/mol. The smallest absolute Gasteiger partial charge is 0.131 e. The summed E-state index contributed by atoms with van der Waals surface area (Å²) in [5.74, 6) is -1.55. The van der Waals surface area contributed by atoms with Crippen molar-refractivity contribution in [3.63, 3.8) is 0 Å². The van der Waals surface area contributed by atoms with Crippen molar-refractivity contribution in [1.29, 1.82) is 0 Å². The largest absolute Gasteiger partial charge is 0.400 e. The Hall–Kier alpha value is -1.70. The maximum atomic E-state index is 13.6. The predicted octanol–water partition coefficient (Wildman–Crippen LogP) is 4.87. The summed E-state index contributed by atoms with van der Waals surface area (Å²) in [6.45, 7) is 7.10. The zero-order valence-electron chi connectivity index (χ0n) is 16.3. The van der Waals surface area contributed by atoms with E-state index in [4.69, 9.17) is 34.7 Å². The van der Waals surface area contributed by atoms with Crippen molar-refractivity contribution in [2.75, 3.05) is 20.7 Å². The number of rotatable bonds is 6. The van der Waals surface area contributed by atoms with Crippen molar-refractivity contribution in [3.05, 3.63) is 83.4 Å². The number of likely N-dealkylation sites (N-methyl/N-ethyl adjacent to an activating group) is 1. The van der Waals surface area contributed by atoms with Gasteiger partial charge in [-0.3, -0.25) is 0 Å². The Morgan fingerprint density at radius 1 is 1.18 bits per heavy atom. The number of hydrogen-bond acceptors (Lipinski definition) is 4. The van der Waals surface area contributed by atoms with Gasteiger partial charge in [-0.1, -0.05) is 54.2 Å². The van der Waals surface area contributed by atoms with Gasteiger partial charge in [-0.25, -0.2) is 8.78 Å². The van der Waals surface area contributed by atoms with Gasteiger partial charge in [0.05, 0.1) is 0 Å². The standard InChI is InChI=1S/C11H12ClF2NS.C7H9N.C2H4.CH4O/c1-15-6-7(2-3-16)11-9(13)4-8(12)5-10(11)14;8-6-7-4-2-1-3-5-7;2*1-2/h3-5,7,15H,2,6H2,1H3;1-5H,6,8H2;1-2H2;2H,1H3. The van der Waals surface area contributed by atoms with Crippen molar-refractivity contribution in [3.8, 4) is 0 Å². The van der Waals surface area contributed by atoms with E-state index >= 15 is 0 Å². The van der Waals surface area contributed by atoms with Gasteiger partial charge in [-0.2, -0.15) is 0 Å². The minimum Gasteiger partial charge on any atom is -0.400 e. The molecule has 0 aromatic heterocycles. The SMILES string of the molecule is C=C.CNCC(CC=S)c1c(F)cc(Cl)cc1F.CO.NCc1ccccc1. The Balaban J connectivity index is 0. The van der Waals surface area contributed by atoms with Gasteiger partial charge in [-0.15, -0.1) is 13.2 Å². The van der Waals surface area contributed by atoms with E-state index in [0.29, 0.717) is 19.5 Å². The lowest BCUT2D eigenvalue weighted by molar-refractivity contribution is 0.399. The van der Waals surface area contributed by atoms with Crippen LogP contribution in [0.5, 0.6) is 0 Å². The van der Waals surface area contributed by atoms with Crippen LogP contribution in [0.25, 0.3) is 0 Å². The Morgan fingerprint density at radius 2 is 1.68 bits per heavy atom. The molecule has 0 radical (unpaired) electrons. The molecule has 3 nitrogen and oxygen atoms in total. The summed E-state index contributed by atoms with van der Waals surface area (Å²) in [5, 5.41) is 11.4. The fourth-order valence-electron chi connectivity index (χ4n) is 2.22. The fraction of sp³-hybridized carbons (Fsp3) is 0.286. The van der Waals surface area contributed by atoms with Gasteiger partial charge < -0.3 is 16.2 Å². The Kier molecular flexibility index (Phi) is 19.0. The van der Waals surface area contributed by atoms with Crippen molar-refractivity contribution < 1.29 is 13.9 Å². The number of hydrogen-bond donors (Lipinski definition) is 3. The third-order valence-electron chi connectivity index (χ3n) is 3.36. The van der Waals surface area contributed by atoms with Gasteiger partial charge in [0.25, 0.3) is 0 Å². The van der Waals surface area contributed by atoms with E-state index in [1.165, 1.54) is 10.9 Å². The zero-order chi connectivity index (χ0) is 21.9. The number of thiocarbonyl (C=S) groups is 1. The summed E-state index contributed by atoms with van der Waals surface area (Å²) in [6.07, 6.45) is 0.436. The van der Waals surface area contributed by atoms with E-state index < -0.39 is 11.6 Å². The molecular formula is C21H29ClF2N2OS. The highest BCUT2D eigenvalue weighted by Gasteiger charge is 2.19. The number of aliphatic hydroxyl groups excluding tert-OH is 1. The molecule has 0 aliphatic heterocycles. The summed E-state index contributed by atoms with van der Waals surface area (Å²) in [4.78, 5) is 0. The fourth-order valence-corrected chi connectivity index (χ4v) is 2.65. The van der Waals surface area contributed by atoms with Gasteiger partial charge in [0.2, 0.25) is 0 Å². The molecule has 156 valence electrons. The van der Waals surface area contributed by atoms with E-state index in [1.54, 1.807) is 7.05 Å². The van der Waals surface area contributed by atoms with Gasteiger partial charge in [0, 0.05) is 36.7 Å².